The second-order valence-electron chi connectivity index (χ2n) is 2.95. The van der Waals surface area contributed by atoms with Gasteiger partial charge in [0.1, 0.15) is 5.75 Å². The summed E-state index contributed by atoms with van der Waals surface area (Å²) >= 11 is 0. The summed E-state index contributed by atoms with van der Waals surface area (Å²) in [5, 5.41) is 0. The van der Waals surface area contributed by atoms with Gasteiger partial charge in [-0.15, -0.1) is 0 Å². The Labute approximate surface area is 96.3 Å². The van der Waals surface area contributed by atoms with Gasteiger partial charge in [0.25, 0.3) is 10.1 Å². The van der Waals surface area contributed by atoms with E-state index in [0.717, 1.165) is 0 Å². The maximum atomic E-state index is 10.7. The molecule has 8 heteroatoms. The minimum absolute atomic E-state index is 0.0332. The van der Waals surface area contributed by atoms with Gasteiger partial charge in [-0.2, -0.15) is 18.4 Å². The van der Waals surface area contributed by atoms with Crippen LogP contribution in [0.25, 0.3) is 0 Å². The molecule has 0 spiro atoms. The lowest BCUT2D eigenvalue weighted by atomic mass is 10.2. The zero-order valence-corrected chi connectivity index (χ0v) is 9.14. The monoisotopic (exact) mass is 254 g/mol. The highest BCUT2D eigenvalue weighted by Crippen LogP contribution is 2.26. The molecule has 1 aromatic carbocycles. The van der Waals surface area contributed by atoms with Gasteiger partial charge in [-0.3, -0.25) is 4.55 Å². The van der Waals surface area contributed by atoms with Crippen LogP contribution in [0, 0.1) is 0 Å². The van der Waals surface area contributed by atoms with Gasteiger partial charge >= 0.3 is 0 Å². The molecule has 0 aromatic heterocycles. The average molecular weight is 254 g/mol. The topological polar surface area (TPSA) is 113 Å². The number of isocyanates is 2. The highest BCUT2D eigenvalue weighted by atomic mass is 32.2. The standard InChI is InChI=1S/C9H6N2O5S/c12-5-10-8-2-1-7(4-17(14,15)16)9(3-8)11-6-13/h1-3H,4H2,(H,14,15,16). The zero-order chi connectivity index (χ0) is 12.9. The third kappa shape index (κ3) is 4.10. The van der Waals surface area contributed by atoms with Crippen molar-refractivity contribution in [2.45, 2.75) is 5.75 Å². The van der Waals surface area contributed by atoms with E-state index in [9.17, 15) is 18.0 Å². The molecule has 0 heterocycles. The highest BCUT2D eigenvalue weighted by molar-refractivity contribution is 7.85. The first-order valence-electron chi connectivity index (χ1n) is 4.20. The van der Waals surface area contributed by atoms with E-state index in [-0.39, 0.29) is 16.9 Å². The van der Waals surface area contributed by atoms with Gasteiger partial charge in [0.2, 0.25) is 12.2 Å². The quantitative estimate of drug-likeness (QED) is 0.489. The Morgan fingerprint density at radius 2 is 1.82 bits per heavy atom. The Hall–Kier alpha value is -2.11. The van der Waals surface area contributed by atoms with Crippen molar-refractivity contribution in [2.24, 2.45) is 9.98 Å². The molecule has 0 saturated heterocycles. The molecule has 17 heavy (non-hydrogen) atoms. The summed E-state index contributed by atoms with van der Waals surface area (Å²) in [5.41, 5.74) is 0.225. The predicted octanol–water partition coefficient (Wildman–Crippen LogP) is 1.01. The molecular weight excluding hydrogens is 248 g/mol. The third-order valence-corrected chi connectivity index (χ3v) is 2.42. The van der Waals surface area contributed by atoms with E-state index in [1.54, 1.807) is 0 Å². The molecule has 0 aliphatic rings. The molecule has 0 atom stereocenters. The summed E-state index contributed by atoms with van der Waals surface area (Å²) in [6, 6.07) is 3.81. The Morgan fingerprint density at radius 1 is 1.18 bits per heavy atom. The molecule has 0 radical (unpaired) electrons. The van der Waals surface area contributed by atoms with Crippen LogP contribution in [0.15, 0.2) is 28.2 Å². The number of hydrogen-bond acceptors (Lipinski definition) is 6. The van der Waals surface area contributed by atoms with Crippen molar-refractivity contribution in [3.05, 3.63) is 23.8 Å². The van der Waals surface area contributed by atoms with Crippen molar-refractivity contribution in [3.63, 3.8) is 0 Å². The summed E-state index contributed by atoms with van der Waals surface area (Å²) in [6.45, 7) is 0. The summed E-state index contributed by atoms with van der Waals surface area (Å²) in [7, 11) is -4.24. The number of benzene rings is 1. The SMILES string of the molecule is O=C=Nc1ccc(CS(=O)(=O)O)c(N=C=O)c1. The third-order valence-electron chi connectivity index (χ3n) is 1.75. The van der Waals surface area contributed by atoms with Gasteiger partial charge in [0.15, 0.2) is 0 Å². The molecule has 0 aliphatic heterocycles. The van der Waals surface area contributed by atoms with Crippen LogP contribution in [-0.4, -0.2) is 25.1 Å². The van der Waals surface area contributed by atoms with Gasteiger partial charge in [-0.05, 0) is 17.7 Å². The van der Waals surface area contributed by atoms with Crippen LogP contribution < -0.4 is 0 Å². The lowest BCUT2D eigenvalue weighted by molar-refractivity contribution is 0.482. The Morgan fingerprint density at radius 3 is 2.35 bits per heavy atom. The summed E-state index contributed by atoms with van der Waals surface area (Å²) < 4.78 is 30.1. The first-order chi connectivity index (χ1) is 7.96. The molecule has 0 bridgehead atoms. The van der Waals surface area contributed by atoms with E-state index in [0.29, 0.717) is 0 Å². The largest absolute Gasteiger partial charge is 0.285 e. The van der Waals surface area contributed by atoms with Crippen molar-refractivity contribution in [1.82, 2.24) is 0 Å². The first-order valence-corrected chi connectivity index (χ1v) is 5.81. The number of rotatable bonds is 4. The van der Waals surface area contributed by atoms with E-state index in [1.165, 1.54) is 30.4 Å². The molecule has 0 unspecified atom stereocenters. The molecule has 0 amide bonds. The van der Waals surface area contributed by atoms with Crippen LogP contribution >= 0.6 is 0 Å². The molecule has 1 rings (SSSR count). The van der Waals surface area contributed by atoms with Gasteiger partial charge in [-0.1, -0.05) is 6.07 Å². The lowest BCUT2D eigenvalue weighted by Gasteiger charge is -2.02. The summed E-state index contributed by atoms with van der Waals surface area (Å²) in [6.07, 6.45) is 2.53. The number of nitrogens with zero attached hydrogens (tertiary/aromatic N) is 2. The van der Waals surface area contributed by atoms with Crippen molar-refractivity contribution in [3.8, 4) is 0 Å². The van der Waals surface area contributed by atoms with Gasteiger partial charge < -0.3 is 0 Å². The van der Waals surface area contributed by atoms with Gasteiger partial charge in [0.05, 0.1) is 11.4 Å². The Bertz CT molecular complexity index is 625. The minimum atomic E-state index is -4.24. The van der Waals surface area contributed by atoms with Crippen molar-refractivity contribution in [1.29, 1.82) is 0 Å². The summed E-state index contributed by atoms with van der Waals surface area (Å²) in [5.74, 6) is -0.696. The van der Waals surface area contributed by atoms with Crippen molar-refractivity contribution < 1.29 is 22.6 Å². The zero-order valence-electron chi connectivity index (χ0n) is 8.32. The average Bonchev–Trinajstić information content (AvgIpc) is 2.21. The van der Waals surface area contributed by atoms with Crippen LogP contribution in [0.2, 0.25) is 0 Å². The number of carbonyl (C=O) groups excluding carboxylic acids is 2. The van der Waals surface area contributed by atoms with Crippen LogP contribution in [0.3, 0.4) is 0 Å². The molecule has 0 aliphatic carbocycles. The van der Waals surface area contributed by atoms with Crippen LogP contribution in [0.1, 0.15) is 5.56 Å². The fourth-order valence-electron chi connectivity index (χ4n) is 1.15. The molecule has 1 aromatic rings. The van der Waals surface area contributed by atoms with Crippen LogP contribution in [-0.2, 0) is 25.5 Å². The lowest BCUT2D eigenvalue weighted by Crippen LogP contribution is -2.01. The fourth-order valence-corrected chi connectivity index (χ4v) is 1.78. The van der Waals surface area contributed by atoms with Gasteiger partial charge in [-0.25, -0.2) is 9.59 Å². The second kappa shape index (κ2) is 5.29. The van der Waals surface area contributed by atoms with E-state index in [4.69, 9.17) is 4.55 Å². The molecule has 0 fully saturated rings. The normalized spacial score (nSPS) is 10.2. The maximum Gasteiger partial charge on any atom is 0.269 e. The highest BCUT2D eigenvalue weighted by Gasteiger charge is 2.11. The number of hydrogen-bond donors (Lipinski definition) is 1. The van der Waals surface area contributed by atoms with Crippen LogP contribution in [0.4, 0.5) is 11.4 Å². The molecule has 88 valence electrons. The summed E-state index contributed by atoms with van der Waals surface area (Å²) in [4.78, 5) is 26.7. The van der Waals surface area contributed by atoms with Crippen LogP contribution in [0.5, 0.6) is 0 Å². The first kappa shape index (κ1) is 13.0. The fraction of sp³-hybridized carbons (Fsp3) is 0.111. The molecule has 1 N–H and O–H groups in total. The Balaban J connectivity index is 3.31. The van der Waals surface area contributed by atoms with Gasteiger partial charge in [0, 0.05) is 0 Å². The molecule has 0 saturated carbocycles. The van der Waals surface area contributed by atoms with E-state index in [2.05, 4.69) is 9.98 Å². The minimum Gasteiger partial charge on any atom is -0.285 e. The van der Waals surface area contributed by atoms with Crippen molar-refractivity contribution in [2.75, 3.05) is 0 Å². The maximum absolute atomic E-state index is 10.7. The molecular formula is C9H6N2O5S. The van der Waals surface area contributed by atoms with E-state index >= 15 is 0 Å². The Kier molecular flexibility index (Phi) is 4.03. The van der Waals surface area contributed by atoms with E-state index < -0.39 is 15.9 Å². The molecule has 7 nitrogen and oxygen atoms in total. The smallest absolute Gasteiger partial charge is 0.269 e. The van der Waals surface area contributed by atoms with E-state index in [1.807, 2.05) is 0 Å². The second-order valence-corrected chi connectivity index (χ2v) is 4.40. The number of aliphatic imine (C=N–C) groups is 2. The van der Waals surface area contributed by atoms with Crippen molar-refractivity contribution >= 4 is 33.7 Å². The predicted molar refractivity (Wildman–Crippen MR) is 57.3 cm³/mol.